The molecule has 20 heavy (non-hydrogen) atoms. The molecule has 0 aliphatic carbocycles. The topological polar surface area (TPSA) is 41.6 Å². The Morgan fingerprint density at radius 2 is 2.10 bits per heavy atom. The first kappa shape index (κ1) is 17.4. The van der Waals surface area contributed by atoms with Crippen LogP contribution in [0.4, 0.5) is 0 Å². The molecule has 0 spiro atoms. The molecule has 2 unspecified atom stereocenters. The molecule has 118 valence electrons. The highest BCUT2D eigenvalue weighted by Gasteiger charge is 2.24. The number of hydrogen-bond acceptors (Lipinski definition) is 4. The Morgan fingerprint density at radius 1 is 1.30 bits per heavy atom. The summed E-state index contributed by atoms with van der Waals surface area (Å²) in [6.45, 7) is 10.4. The smallest absolute Gasteiger partial charge is 0.324 e. The summed E-state index contributed by atoms with van der Waals surface area (Å²) < 4.78 is 5.16. The number of nitrogens with zero attached hydrogens (tertiary/aromatic N) is 1. The standard InChI is InChI=1S/C16H32N2O2/c1-4-8-14-9-7-11-18(12-10-14)13-15(17-5-2)16(19)20-6-3/h14-15,17H,4-13H2,1-3H3. The number of hydrogen-bond donors (Lipinski definition) is 1. The summed E-state index contributed by atoms with van der Waals surface area (Å²) in [6, 6.07) is -0.178. The van der Waals surface area contributed by atoms with Crippen LogP contribution in [-0.4, -0.2) is 49.7 Å². The van der Waals surface area contributed by atoms with Crippen LogP contribution in [0.2, 0.25) is 0 Å². The minimum atomic E-state index is -0.178. The van der Waals surface area contributed by atoms with E-state index >= 15 is 0 Å². The lowest BCUT2D eigenvalue weighted by Crippen LogP contribution is -2.47. The molecule has 4 nitrogen and oxygen atoms in total. The number of ether oxygens (including phenoxy) is 1. The van der Waals surface area contributed by atoms with E-state index in [1.54, 1.807) is 0 Å². The molecule has 1 fully saturated rings. The predicted octanol–water partition coefficient (Wildman–Crippen LogP) is 2.43. The molecule has 1 N–H and O–H groups in total. The molecule has 0 saturated carbocycles. The molecule has 4 heteroatoms. The molecular formula is C16H32N2O2. The molecule has 0 aromatic rings. The van der Waals surface area contributed by atoms with Gasteiger partial charge in [0.15, 0.2) is 0 Å². The van der Waals surface area contributed by atoms with E-state index in [4.69, 9.17) is 4.74 Å². The highest BCUT2D eigenvalue weighted by molar-refractivity contribution is 5.76. The normalized spacial score (nSPS) is 22.2. The Bertz CT molecular complexity index is 271. The van der Waals surface area contributed by atoms with Crippen LogP contribution < -0.4 is 5.32 Å². The van der Waals surface area contributed by atoms with Gasteiger partial charge in [0.1, 0.15) is 6.04 Å². The Labute approximate surface area is 124 Å². The monoisotopic (exact) mass is 284 g/mol. The van der Waals surface area contributed by atoms with Crippen molar-refractivity contribution in [2.45, 2.75) is 58.9 Å². The Morgan fingerprint density at radius 3 is 2.75 bits per heavy atom. The molecule has 0 aromatic heterocycles. The van der Waals surface area contributed by atoms with Gasteiger partial charge in [-0.2, -0.15) is 0 Å². The summed E-state index contributed by atoms with van der Waals surface area (Å²) in [6.07, 6.45) is 6.51. The highest BCUT2D eigenvalue weighted by atomic mass is 16.5. The van der Waals surface area contributed by atoms with E-state index in [2.05, 4.69) is 17.1 Å². The van der Waals surface area contributed by atoms with Gasteiger partial charge >= 0.3 is 5.97 Å². The van der Waals surface area contributed by atoms with Crippen molar-refractivity contribution in [2.24, 2.45) is 5.92 Å². The molecule has 1 rings (SSSR count). The zero-order valence-electron chi connectivity index (χ0n) is 13.5. The lowest BCUT2D eigenvalue weighted by molar-refractivity contribution is -0.146. The Kier molecular flexibility index (Phi) is 8.86. The summed E-state index contributed by atoms with van der Waals surface area (Å²) in [5.74, 6) is 0.772. The quantitative estimate of drug-likeness (QED) is 0.695. The third kappa shape index (κ3) is 6.23. The molecule has 1 aliphatic heterocycles. The number of carbonyl (C=O) groups excluding carboxylic acids is 1. The summed E-state index contributed by atoms with van der Waals surface area (Å²) in [5.41, 5.74) is 0. The molecule has 0 bridgehead atoms. The first-order valence-corrected chi connectivity index (χ1v) is 8.33. The molecule has 1 heterocycles. The van der Waals surface area contributed by atoms with Crippen LogP contribution in [-0.2, 0) is 9.53 Å². The number of nitrogens with one attached hydrogen (secondary N) is 1. The lowest BCUT2D eigenvalue weighted by atomic mass is 9.96. The van der Waals surface area contributed by atoms with Crippen LogP contribution in [0.25, 0.3) is 0 Å². The minimum Gasteiger partial charge on any atom is -0.465 e. The molecule has 0 amide bonds. The zero-order chi connectivity index (χ0) is 14.8. The first-order valence-electron chi connectivity index (χ1n) is 8.33. The van der Waals surface area contributed by atoms with Gasteiger partial charge < -0.3 is 15.0 Å². The maximum atomic E-state index is 11.9. The molecule has 2 atom stereocenters. The van der Waals surface area contributed by atoms with Gasteiger partial charge in [-0.15, -0.1) is 0 Å². The van der Waals surface area contributed by atoms with Crippen molar-refractivity contribution < 1.29 is 9.53 Å². The summed E-state index contributed by atoms with van der Waals surface area (Å²) >= 11 is 0. The van der Waals surface area contributed by atoms with E-state index in [9.17, 15) is 4.79 Å². The number of likely N-dealkylation sites (N-methyl/N-ethyl adjacent to an activating group) is 1. The van der Waals surface area contributed by atoms with Gasteiger partial charge in [0.05, 0.1) is 6.61 Å². The number of likely N-dealkylation sites (tertiary alicyclic amines) is 1. The largest absolute Gasteiger partial charge is 0.465 e. The summed E-state index contributed by atoms with van der Waals surface area (Å²) in [4.78, 5) is 14.4. The maximum absolute atomic E-state index is 11.9. The highest BCUT2D eigenvalue weighted by Crippen LogP contribution is 2.21. The van der Waals surface area contributed by atoms with Crippen molar-refractivity contribution >= 4 is 5.97 Å². The van der Waals surface area contributed by atoms with E-state index in [1.165, 1.54) is 32.1 Å². The fourth-order valence-corrected chi connectivity index (χ4v) is 3.07. The van der Waals surface area contributed by atoms with Crippen LogP contribution in [0, 0.1) is 5.92 Å². The molecule has 0 aromatic carbocycles. The molecule has 1 saturated heterocycles. The fourth-order valence-electron chi connectivity index (χ4n) is 3.07. The van der Waals surface area contributed by atoms with E-state index in [1.807, 2.05) is 13.8 Å². The summed E-state index contributed by atoms with van der Waals surface area (Å²) in [7, 11) is 0. The van der Waals surface area contributed by atoms with Crippen LogP contribution in [0.3, 0.4) is 0 Å². The van der Waals surface area contributed by atoms with E-state index < -0.39 is 0 Å². The first-order chi connectivity index (χ1) is 9.71. The van der Waals surface area contributed by atoms with Crippen LogP contribution in [0.1, 0.15) is 52.9 Å². The van der Waals surface area contributed by atoms with Crippen molar-refractivity contribution in [3.05, 3.63) is 0 Å². The van der Waals surface area contributed by atoms with Gasteiger partial charge in [-0.25, -0.2) is 0 Å². The van der Waals surface area contributed by atoms with Crippen LogP contribution in [0.5, 0.6) is 0 Å². The number of carbonyl (C=O) groups is 1. The fraction of sp³-hybridized carbons (Fsp3) is 0.938. The van der Waals surface area contributed by atoms with E-state index in [0.717, 1.165) is 32.1 Å². The lowest BCUT2D eigenvalue weighted by Gasteiger charge is -2.25. The third-order valence-corrected chi connectivity index (χ3v) is 4.10. The van der Waals surface area contributed by atoms with E-state index in [0.29, 0.717) is 6.61 Å². The van der Waals surface area contributed by atoms with Gasteiger partial charge in [-0.05, 0) is 51.7 Å². The van der Waals surface area contributed by atoms with E-state index in [-0.39, 0.29) is 12.0 Å². The minimum absolute atomic E-state index is 0.108. The Hall–Kier alpha value is -0.610. The van der Waals surface area contributed by atoms with Crippen molar-refractivity contribution in [2.75, 3.05) is 32.8 Å². The molecular weight excluding hydrogens is 252 g/mol. The maximum Gasteiger partial charge on any atom is 0.324 e. The van der Waals surface area contributed by atoms with Crippen LogP contribution >= 0.6 is 0 Å². The zero-order valence-corrected chi connectivity index (χ0v) is 13.5. The van der Waals surface area contributed by atoms with Gasteiger partial charge in [0, 0.05) is 6.54 Å². The average molecular weight is 284 g/mol. The molecule has 1 aliphatic rings. The number of esters is 1. The Balaban J connectivity index is 2.45. The molecule has 0 radical (unpaired) electrons. The van der Waals surface area contributed by atoms with Crippen molar-refractivity contribution in [3.8, 4) is 0 Å². The van der Waals surface area contributed by atoms with Crippen molar-refractivity contribution in [3.63, 3.8) is 0 Å². The van der Waals surface area contributed by atoms with Crippen molar-refractivity contribution in [1.29, 1.82) is 0 Å². The number of rotatable bonds is 8. The van der Waals surface area contributed by atoms with Gasteiger partial charge in [0.25, 0.3) is 0 Å². The van der Waals surface area contributed by atoms with Gasteiger partial charge in [-0.3, -0.25) is 4.79 Å². The summed E-state index contributed by atoms with van der Waals surface area (Å²) in [5, 5.41) is 3.26. The van der Waals surface area contributed by atoms with Gasteiger partial charge in [-0.1, -0.05) is 26.7 Å². The third-order valence-electron chi connectivity index (χ3n) is 4.10. The van der Waals surface area contributed by atoms with Gasteiger partial charge in [0.2, 0.25) is 0 Å². The second-order valence-corrected chi connectivity index (χ2v) is 5.75. The van der Waals surface area contributed by atoms with Crippen LogP contribution in [0.15, 0.2) is 0 Å². The second-order valence-electron chi connectivity index (χ2n) is 5.75. The predicted molar refractivity (Wildman–Crippen MR) is 82.8 cm³/mol. The van der Waals surface area contributed by atoms with Crippen molar-refractivity contribution in [1.82, 2.24) is 10.2 Å². The SMILES string of the molecule is CCCC1CCCN(CC(NCC)C(=O)OCC)CC1. The average Bonchev–Trinajstić information content (AvgIpc) is 2.65. The second kappa shape index (κ2) is 10.2.